The number of para-hydroxylation sites is 1. The van der Waals surface area contributed by atoms with Gasteiger partial charge >= 0.3 is 5.97 Å². The number of nitrogens with one attached hydrogen (secondary N) is 1. The molecule has 134 valence electrons. The molecule has 0 fully saturated rings. The fourth-order valence-electron chi connectivity index (χ4n) is 2.55. The number of carbonyl (C=O) groups is 2. The van der Waals surface area contributed by atoms with E-state index in [1.807, 2.05) is 42.5 Å². The van der Waals surface area contributed by atoms with E-state index >= 15 is 0 Å². The van der Waals surface area contributed by atoms with E-state index in [1.54, 1.807) is 12.1 Å². The first-order chi connectivity index (χ1) is 12.6. The van der Waals surface area contributed by atoms with Crippen LogP contribution in [-0.2, 0) is 20.7 Å². The van der Waals surface area contributed by atoms with Crippen LogP contribution >= 0.6 is 11.6 Å². The van der Waals surface area contributed by atoms with Gasteiger partial charge in [0.2, 0.25) is 0 Å². The second-order valence-corrected chi connectivity index (χ2v) is 6.24. The zero-order chi connectivity index (χ0) is 18.4. The van der Waals surface area contributed by atoms with Crippen LogP contribution in [0.3, 0.4) is 0 Å². The lowest BCUT2D eigenvalue weighted by Gasteiger charge is -2.16. The van der Waals surface area contributed by atoms with Gasteiger partial charge in [0, 0.05) is 17.1 Å². The Kier molecular flexibility index (Phi) is 5.92. The number of amides is 1. The van der Waals surface area contributed by atoms with Gasteiger partial charge in [-0.05, 0) is 36.3 Å². The first-order valence-electron chi connectivity index (χ1n) is 8.22. The zero-order valence-electron chi connectivity index (χ0n) is 14.0. The third kappa shape index (κ3) is 4.86. The van der Waals surface area contributed by atoms with Crippen LogP contribution in [0, 0.1) is 0 Å². The molecular formula is C20H18ClNO4. The molecule has 6 heteroatoms. The highest BCUT2D eigenvalue weighted by Gasteiger charge is 2.19. The van der Waals surface area contributed by atoms with Gasteiger partial charge in [-0.2, -0.15) is 0 Å². The van der Waals surface area contributed by atoms with Gasteiger partial charge in [0.15, 0.2) is 6.61 Å². The summed E-state index contributed by atoms with van der Waals surface area (Å²) in [5, 5.41) is 3.37. The molecule has 26 heavy (non-hydrogen) atoms. The molecule has 5 nitrogen and oxygen atoms in total. The van der Waals surface area contributed by atoms with E-state index in [0.717, 1.165) is 16.9 Å². The monoisotopic (exact) mass is 371 g/mol. The van der Waals surface area contributed by atoms with Gasteiger partial charge in [-0.25, -0.2) is 4.79 Å². The summed E-state index contributed by atoms with van der Waals surface area (Å²) in [6, 6.07) is 14.9. The van der Waals surface area contributed by atoms with Crippen molar-refractivity contribution in [1.82, 2.24) is 5.32 Å². The van der Waals surface area contributed by atoms with Crippen LogP contribution in [0.5, 0.6) is 5.75 Å². The van der Waals surface area contributed by atoms with Crippen molar-refractivity contribution in [1.29, 1.82) is 0 Å². The molecule has 1 aliphatic rings. The van der Waals surface area contributed by atoms with Crippen LogP contribution in [0.1, 0.15) is 11.1 Å². The second kappa shape index (κ2) is 8.54. The van der Waals surface area contributed by atoms with Crippen molar-refractivity contribution in [3.63, 3.8) is 0 Å². The molecule has 0 saturated carbocycles. The predicted molar refractivity (Wildman–Crippen MR) is 99.0 cm³/mol. The smallest absolute Gasteiger partial charge is 0.338 e. The first-order valence-corrected chi connectivity index (χ1v) is 8.60. The van der Waals surface area contributed by atoms with E-state index in [4.69, 9.17) is 21.1 Å². The topological polar surface area (TPSA) is 64.6 Å². The standard InChI is InChI=1S/C20H18ClNO4/c21-17-6-3-4-14(10-17)8-9-22-19(23)13-26-20(24)16-11-15-5-1-2-7-18(15)25-12-16/h1-7,10-11H,8-9,12-13H2,(H,22,23). The van der Waals surface area contributed by atoms with Gasteiger partial charge < -0.3 is 14.8 Å². The summed E-state index contributed by atoms with van der Waals surface area (Å²) in [5.41, 5.74) is 2.23. The minimum Gasteiger partial charge on any atom is -0.488 e. The normalized spacial score (nSPS) is 12.4. The van der Waals surface area contributed by atoms with E-state index in [-0.39, 0.29) is 19.1 Å². The number of hydrogen-bond acceptors (Lipinski definition) is 4. The largest absolute Gasteiger partial charge is 0.488 e. The van der Waals surface area contributed by atoms with Crippen molar-refractivity contribution in [2.24, 2.45) is 0 Å². The highest BCUT2D eigenvalue weighted by atomic mass is 35.5. The molecule has 0 radical (unpaired) electrons. The highest BCUT2D eigenvalue weighted by Crippen LogP contribution is 2.25. The second-order valence-electron chi connectivity index (χ2n) is 5.80. The van der Waals surface area contributed by atoms with Gasteiger partial charge in [-0.1, -0.05) is 41.9 Å². The van der Waals surface area contributed by atoms with Crippen molar-refractivity contribution in [2.45, 2.75) is 6.42 Å². The third-order valence-electron chi connectivity index (χ3n) is 3.85. The van der Waals surface area contributed by atoms with Gasteiger partial charge in [-0.15, -0.1) is 0 Å². The van der Waals surface area contributed by atoms with Crippen LogP contribution in [-0.4, -0.2) is 31.6 Å². The van der Waals surface area contributed by atoms with Crippen molar-refractivity contribution < 1.29 is 19.1 Å². The minimum atomic E-state index is -0.551. The molecule has 1 heterocycles. The maximum absolute atomic E-state index is 12.1. The number of ether oxygens (including phenoxy) is 2. The molecule has 1 aliphatic heterocycles. The van der Waals surface area contributed by atoms with Gasteiger partial charge in [0.05, 0.1) is 5.57 Å². The molecule has 0 bridgehead atoms. The Bertz CT molecular complexity index is 847. The molecule has 2 aromatic carbocycles. The molecule has 0 atom stereocenters. The number of halogens is 1. The number of benzene rings is 2. The van der Waals surface area contributed by atoms with E-state index in [2.05, 4.69) is 5.32 Å². The van der Waals surface area contributed by atoms with E-state index in [1.165, 1.54) is 0 Å². The molecule has 1 amide bonds. The Balaban J connectivity index is 1.43. The molecule has 0 spiro atoms. The summed E-state index contributed by atoms with van der Waals surface area (Å²) >= 11 is 5.92. The third-order valence-corrected chi connectivity index (χ3v) is 4.09. The highest BCUT2D eigenvalue weighted by molar-refractivity contribution is 6.30. The van der Waals surface area contributed by atoms with Gasteiger partial charge in [0.1, 0.15) is 12.4 Å². The van der Waals surface area contributed by atoms with Crippen molar-refractivity contribution in [3.05, 3.63) is 70.3 Å². The molecule has 1 N–H and O–H groups in total. The summed E-state index contributed by atoms with van der Waals surface area (Å²) < 4.78 is 10.6. The molecule has 0 saturated heterocycles. The van der Waals surface area contributed by atoms with E-state index in [9.17, 15) is 9.59 Å². The Morgan fingerprint density at radius 3 is 2.85 bits per heavy atom. The first kappa shape index (κ1) is 18.0. The average molecular weight is 372 g/mol. The molecule has 0 aromatic heterocycles. The lowest BCUT2D eigenvalue weighted by atomic mass is 10.1. The molecule has 2 aromatic rings. The fourth-order valence-corrected chi connectivity index (χ4v) is 2.76. The van der Waals surface area contributed by atoms with E-state index in [0.29, 0.717) is 23.6 Å². The average Bonchev–Trinajstić information content (AvgIpc) is 2.66. The molecule has 0 unspecified atom stereocenters. The maximum Gasteiger partial charge on any atom is 0.338 e. The summed E-state index contributed by atoms with van der Waals surface area (Å²) in [6.07, 6.45) is 2.37. The number of esters is 1. The molecular weight excluding hydrogens is 354 g/mol. The SMILES string of the molecule is O=C(COC(=O)C1=Cc2ccccc2OC1)NCCc1cccc(Cl)c1. The zero-order valence-corrected chi connectivity index (χ0v) is 14.8. The van der Waals surface area contributed by atoms with Gasteiger partial charge in [-0.3, -0.25) is 4.79 Å². The Hall–Kier alpha value is -2.79. The van der Waals surface area contributed by atoms with E-state index < -0.39 is 5.97 Å². The summed E-state index contributed by atoms with van der Waals surface area (Å²) in [4.78, 5) is 23.9. The van der Waals surface area contributed by atoms with Crippen molar-refractivity contribution in [2.75, 3.05) is 19.8 Å². The number of carbonyl (C=O) groups excluding carboxylic acids is 2. The Morgan fingerprint density at radius 1 is 1.15 bits per heavy atom. The molecule has 0 aliphatic carbocycles. The lowest BCUT2D eigenvalue weighted by molar-refractivity contribution is -0.145. The lowest BCUT2D eigenvalue weighted by Crippen LogP contribution is -2.31. The Labute approximate surface area is 156 Å². The number of fused-ring (bicyclic) bond motifs is 1. The summed E-state index contributed by atoms with van der Waals surface area (Å²) in [5.74, 6) is -0.176. The van der Waals surface area contributed by atoms with Crippen LogP contribution in [0.4, 0.5) is 0 Å². The van der Waals surface area contributed by atoms with Crippen LogP contribution in [0.2, 0.25) is 5.02 Å². The Morgan fingerprint density at radius 2 is 2.00 bits per heavy atom. The fraction of sp³-hybridized carbons (Fsp3) is 0.200. The minimum absolute atomic E-state index is 0.131. The quantitative estimate of drug-likeness (QED) is 0.793. The predicted octanol–water partition coefficient (Wildman–Crippen LogP) is 3.02. The summed E-state index contributed by atoms with van der Waals surface area (Å²) in [6.45, 7) is 0.246. The number of hydrogen-bond donors (Lipinski definition) is 1. The van der Waals surface area contributed by atoms with Crippen LogP contribution < -0.4 is 10.1 Å². The van der Waals surface area contributed by atoms with Crippen molar-refractivity contribution in [3.8, 4) is 5.75 Å². The van der Waals surface area contributed by atoms with Crippen LogP contribution in [0.15, 0.2) is 54.1 Å². The van der Waals surface area contributed by atoms with Crippen molar-refractivity contribution >= 4 is 29.6 Å². The molecule has 3 rings (SSSR count). The van der Waals surface area contributed by atoms with Crippen LogP contribution in [0.25, 0.3) is 6.08 Å². The number of rotatable bonds is 6. The summed E-state index contributed by atoms with van der Waals surface area (Å²) in [7, 11) is 0. The van der Waals surface area contributed by atoms with Gasteiger partial charge in [0.25, 0.3) is 5.91 Å². The maximum atomic E-state index is 12.1.